The highest BCUT2D eigenvalue weighted by Crippen LogP contribution is 2.14. The standard InChI is InChI=1S/C43H76O6/c1-3-4-5-6-7-8-9-10-11-12-15-18-21-24-27-30-33-36-42(46)48-38-41(45)39-49-43(47)37-34-31-28-25-22-19-16-13-14-17-20-23-26-29-32-35-40(2)44/h14,16-17,19,23,25-26,28,40-41,44-45H,3-13,15,18,20-22,24,27,29-39H2,1-2H3/b17-14-,19-16-,26-23-,28-25-/t40-,41+/m1/s1. The van der Waals surface area contributed by atoms with E-state index in [-0.39, 0.29) is 31.3 Å². The van der Waals surface area contributed by atoms with Crippen LogP contribution in [0.15, 0.2) is 48.6 Å². The van der Waals surface area contributed by atoms with E-state index >= 15 is 0 Å². The Morgan fingerprint density at radius 2 is 0.837 bits per heavy atom. The summed E-state index contributed by atoms with van der Waals surface area (Å²) in [6.45, 7) is 3.81. The van der Waals surface area contributed by atoms with E-state index in [0.29, 0.717) is 19.3 Å². The third-order valence-electron chi connectivity index (χ3n) is 8.59. The third kappa shape index (κ3) is 40.1. The van der Waals surface area contributed by atoms with Crippen LogP contribution in [0, 0.1) is 0 Å². The summed E-state index contributed by atoms with van der Waals surface area (Å²) >= 11 is 0. The number of hydrogen-bond donors (Lipinski definition) is 2. The monoisotopic (exact) mass is 689 g/mol. The summed E-state index contributed by atoms with van der Waals surface area (Å²) in [5, 5.41) is 19.2. The molecule has 0 amide bonds. The summed E-state index contributed by atoms with van der Waals surface area (Å²) in [4.78, 5) is 23.9. The van der Waals surface area contributed by atoms with Crippen molar-refractivity contribution in [2.45, 2.75) is 199 Å². The van der Waals surface area contributed by atoms with Crippen molar-refractivity contribution in [1.29, 1.82) is 0 Å². The second-order valence-corrected chi connectivity index (χ2v) is 13.7. The Hall–Kier alpha value is -2.18. The Morgan fingerprint density at radius 3 is 1.24 bits per heavy atom. The number of esters is 2. The van der Waals surface area contributed by atoms with E-state index in [1.165, 1.54) is 89.9 Å². The zero-order chi connectivity index (χ0) is 35.9. The maximum absolute atomic E-state index is 12.0. The van der Waals surface area contributed by atoms with Gasteiger partial charge in [-0.3, -0.25) is 9.59 Å². The zero-order valence-corrected chi connectivity index (χ0v) is 31.8. The fraction of sp³-hybridized carbons (Fsp3) is 0.767. The van der Waals surface area contributed by atoms with Crippen LogP contribution in [0.25, 0.3) is 0 Å². The topological polar surface area (TPSA) is 93.1 Å². The van der Waals surface area contributed by atoms with Crippen molar-refractivity contribution < 1.29 is 29.3 Å². The number of aliphatic hydroxyl groups excluding tert-OH is 2. The Kier molecular flexibility index (Phi) is 36.9. The quantitative estimate of drug-likeness (QED) is 0.0387. The highest BCUT2D eigenvalue weighted by molar-refractivity contribution is 5.69. The normalized spacial score (nSPS) is 13.3. The fourth-order valence-electron chi connectivity index (χ4n) is 5.51. The average molecular weight is 689 g/mol. The molecule has 0 aliphatic carbocycles. The van der Waals surface area contributed by atoms with Crippen molar-refractivity contribution in [3.05, 3.63) is 48.6 Å². The molecule has 0 unspecified atom stereocenters. The van der Waals surface area contributed by atoms with E-state index in [4.69, 9.17) is 9.47 Å². The van der Waals surface area contributed by atoms with Crippen molar-refractivity contribution in [3.63, 3.8) is 0 Å². The SMILES string of the molecule is CCCCCCCCCCCCCCCCCCCC(=O)OC[C@H](O)COC(=O)CCC/C=C\C/C=C\C/C=C\C/C=C\CCC[C@@H](C)O. The number of ether oxygens (including phenoxy) is 2. The Labute approximate surface area is 301 Å². The molecule has 0 aromatic heterocycles. The van der Waals surface area contributed by atoms with E-state index in [9.17, 15) is 19.8 Å². The van der Waals surface area contributed by atoms with Crippen LogP contribution in [-0.2, 0) is 19.1 Å². The maximum Gasteiger partial charge on any atom is 0.305 e. The van der Waals surface area contributed by atoms with Gasteiger partial charge in [0.25, 0.3) is 0 Å². The second-order valence-electron chi connectivity index (χ2n) is 13.7. The number of allylic oxidation sites excluding steroid dienone is 8. The van der Waals surface area contributed by atoms with Crippen molar-refractivity contribution >= 4 is 11.9 Å². The van der Waals surface area contributed by atoms with Gasteiger partial charge in [-0.1, -0.05) is 158 Å². The van der Waals surface area contributed by atoms with Gasteiger partial charge >= 0.3 is 11.9 Å². The van der Waals surface area contributed by atoms with E-state index in [2.05, 4.69) is 55.5 Å². The maximum atomic E-state index is 12.0. The lowest BCUT2D eigenvalue weighted by Crippen LogP contribution is -2.25. The molecule has 0 heterocycles. The molecule has 0 aliphatic heterocycles. The van der Waals surface area contributed by atoms with Gasteiger partial charge in [0.1, 0.15) is 19.3 Å². The van der Waals surface area contributed by atoms with E-state index in [1.54, 1.807) is 0 Å². The molecule has 0 bridgehead atoms. The number of carbonyl (C=O) groups excluding carboxylic acids is 2. The molecule has 0 rings (SSSR count). The van der Waals surface area contributed by atoms with Crippen molar-refractivity contribution in [2.75, 3.05) is 13.2 Å². The molecule has 284 valence electrons. The molecule has 0 aromatic rings. The molecule has 2 N–H and O–H groups in total. The predicted molar refractivity (Wildman–Crippen MR) is 206 cm³/mol. The molecular formula is C43H76O6. The van der Waals surface area contributed by atoms with Crippen LogP contribution in [0.1, 0.15) is 187 Å². The molecule has 0 aliphatic rings. The average Bonchev–Trinajstić information content (AvgIpc) is 3.08. The fourth-order valence-corrected chi connectivity index (χ4v) is 5.51. The number of unbranched alkanes of at least 4 members (excludes halogenated alkanes) is 18. The molecule has 0 saturated heterocycles. The van der Waals surface area contributed by atoms with Crippen molar-refractivity contribution in [1.82, 2.24) is 0 Å². The minimum atomic E-state index is -0.993. The van der Waals surface area contributed by atoms with Gasteiger partial charge in [-0.15, -0.1) is 0 Å². The predicted octanol–water partition coefficient (Wildman–Crippen LogP) is 11.6. The van der Waals surface area contributed by atoms with Gasteiger partial charge < -0.3 is 19.7 Å². The van der Waals surface area contributed by atoms with Crippen LogP contribution in [0.5, 0.6) is 0 Å². The largest absolute Gasteiger partial charge is 0.463 e. The van der Waals surface area contributed by atoms with Crippen LogP contribution >= 0.6 is 0 Å². The van der Waals surface area contributed by atoms with Crippen molar-refractivity contribution in [3.8, 4) is 0 Å². The molecule has 0 saturated carbocycles. The first-order chi connectivity index (χ1) is 24.0. The van der Waals surface area contributed by atoms with Gasteiger partial charge in [0.2, 0.25) is 0 Å². The highest BCUT2D eigenvalue weighted by Gasteiger charge is 2.12. The third-order valence-corrected chi connectivity index (χ3v) is 8.59. The van der Waals surface area contributed by atoms with Crippen LogP contribution in [0.4, 0.5) is 0 Å². The Bertz CT molecular complexity index is 843. The molecule has 0 spiro atoms. The number of aliphatic hydroxyl groups is 2. The molecule has 6 heteroatoms. The van der Waals surface area contributed by atoms with Gasteiger partial charge in [0, 0.05) is 12.8 Å². The first-order valence-corrected chi connectivity index (χ1v) is 20.2. The molecule has 0 radical (unpaired) electrons. The molecule has 0 aromatic carbocycles. The highest BCUT2D eigenvalue weighted by atomic mass is 16.6. The minimum absolute atomic E-state index is 0.139. The first-order valence-electron chi connectivity index (χ1n) is 20.2. The smallest absolute Gasteiger partial charge is 0.305 e. The summed E-state index contributed by atoms with van der Waals surface area (Å²) < 4.78 is 10.3. The Balaban J connectivity index is 3.52. The summed E-state index contributed by atoms with van der Waals surface area (Å²) in [6, 6.07) is 0. The zero-order valence-electron chi connectivity index (χ0n) is 31.8. The Morgan fingerprint density at radius 1 is 0.490 bits per heavy atom. The molecule has 0 fully saturated rings. The van der Waals surface area contributed by atoms with Crippen molar-refractivity contribution in [2.24, 2.45) is 0 Å². The van der Waals surface area contributed by atoms with Crippen LogP contribution in [-0.4, -0.2) is 47.6 Å². The lowest BCUT2D eigenvalue weighted by molar-refractivity contribution is -0.152. The van der Waals surface area contributed by atoms with E-state index < -0.39 is 6.10 Å². The van der Waals surface area contributed by atoms with Gasteiger partial charge in [-0.25, -0.2) is 0 Å². The second kappa shape index (κ2) is 38.6. The van der Waals surface area contributed by atoms with Crippen LogP contribution in [0.2, 0.25) is 0 Å². The van der Waals surface area contributed by atoms with Gasteiger partial charge in [0.15, 0.2) is 0 Å². The summed E-state index contributed by atoms with van der Waals surface area (Å²) in [7, 11) is 0. The van der Waals surface area contributed by atoms with E-state index in [0.717, 1.165) is 64.2 Å². The lowest BCUT2D eigenvalue weighted by Gasteiger charge is -2.12. The number of hydrogen-bond acceptors (Lipinski definition) is 6. The summed E-state index contributed by atoms with van der Waals surface area (Å²) in [6.07, 6.45) is 45.9. The number of rotatable bonds is 36. The molecule has 2 atom stereocenters. The minimum Gasteiger partial charge on any atom is -0.463 e. The van der Waals surface area contributed by atoms with E-state index in [1.807, 2.05) is 6.92 Å². The van der Waals surface area contributed by atoms with Crippen LogP contribution < -0.4 is 0 Å². The van der Waals surface area contributed by atoms with Crippen LogP contribution in [0.3, 0.4) is 0 Å². The van der Waals surface area contributed by atoms with Gasteiger partial charge in [-0.05, 0) is 64.7 Å². The summed E-state index contributed by atoms with van der Waals surface area (Å²) in [5.74, 6) is -0.641. The van der Waals surface area contributed by atoms with Gasteiger partial charge in [-0.2, -0.15) is 0 Å². The first kappa shape index (κ1) is 46.8. The lowest BCUT2D eigenvalue weighted by atomic mass is 10.0. The molecule has 6 nitrogen and oxygen atoms in total. The van der Waals surface area contributed by atoms with Gasteiger partial charge in [0.05, 0.1) is 6.10 Å². The summed E-state index contributed by atoms with van der Waals surface area (Å²) in [5.41, 5.74) is 0. The molecular weight excluding hydrogens is 612 g/mol. The molecule has 49 heavy (non-hydrogen) atoms. The number of carbonyl (C=O) groups is 2.